The van der Waals surface area contributed by atoms with E-state index in [1.54, 1.807) is 16.9 Å². The molecular weight excluding hydrogens is 432 g/mol. The van der Waals surface area contributed by atoms with Gasteiger partial charge in [-0.05, 0) is 18.7 Å². The topological polar surface area (TPSA) is 87.4 Å². The van der Waals surface area contributed by atoms with Crippen LogP contribution in [0.5, 0.6) is 5.75 Å². The van der Waals surface area contributed by atoms with Gasteiger partial charge in [0.1, 0.15) is 11.4 Å². The summed E-state index contributed by atoms with van der Waals surface area (Å²) in [4.78, 5) is 9.19. The Morgan fingerprint density at radius 1 is 1.18 bits per heavy atom. The van der Waals surface area contributed by atoms with Gasteiger partial charge in [-0.2, -0.15) is 5.10 Å². The minimum absolute atomic E-state index is 0.111. The molecule has 6 rings (SSSR count). The molecule has 1 atom stereocenters. The molecule has 0 bridgehead atoms. The van der Waals surface area contributed by atoms with E-state index in [1.807, 2.05) is 12.3 Å². The first kappa shape index (κ1) is 21.6. The van der Waals surface area contributed by atoms with E-state index in [-0.39, 0.29) is 5.60 Å². The van der Waals surface area contributed by atoms with Gasteiger partial charge in [-0.1, -0.05) is 6.92 Å². The molecule has 180 valence electrons. The number of aliphatic hydroxyl groups is 1. The van der Waals surface area contributed by atoms with Crippen LogP contribution in [-0.2, 0) is 11.2 Å². The van der Waals surface area contributed by atoms with Crippen molar-refractivity contribution in [3.63, 3.8) is 0 Å². The second kappa shape index (κ2) is 8.72. The van der Waals surface area contributed by atoms with Gasteiger partial charge < -0.3 is 29.7 Å². The van der Waals surface area contributed by atoms with Crippen LogP contribution in [-0.4, -0.2) is 76.1 Å². The number of fused-ring (bicyclic) bond motifs is 2. The number of aliphatic hydroxyl groups excluding tert-OH is 1. The molecule has 2 N–H and O–H groups in total. The molecule has 1 aromatic carbocycles. The number of rotatable bonds is 5. The van der Waals surface area contributed by atoms with Crippen LogP contribution in [0, 0.1) is 0 Å². The van der Waals surface area contributed by atoms with Gasteiger partial charge >= 0.3 is 0 Å². The summed E-state index contributed by atoms with van der Waals surface area (Å²) in [5.74, 6) is 0.976. The lowest BCUT2D eigenvalue weighted by Gasteiger charge is -2.38. The van der Waals surface area contributed by atoms with E-state index in [0.717, 1.165) is 69.1 Å². The van der Waals surface area contributed by atoms with Crippen LogP contribution >= 0.6 is 0 Å². The lowest BCUT2D eigenvalue weighted by Crippen LogP contribution is -2.47. The molecule has 2 fully saturated rings. The van der Waals surface area contributed by atoms with Crippen molar-refractivity contribution in [2.45, 2.75) is 38.0 Å². The lowest BCUT2D eigenvalue weighted by molar-refractivity contribution is 0.0211. The zero-order valence-electron chi connectivity index (χ0n) is 19.6. The zero-order chi connectivity index (χ0) is 23.1. The summed E-state index contributed by atoms with van der Waals surface area (Å²) in [5, 5.41) is 18.8. The fraction of sp³-hybridized carbons (Fsp3) is 0.520. The molecule has 3 aromatic rings. The van der Waals surface area contributed by atoms with Crippen LogP contribution in [0.15, 0.2) is 36.8 Å². The van der Waals surface area contributed by atoms with Crippen molar-refractivity contribution in [2.24, 2.45) is 0 Å². The van der Waals surface area contributed by atoms with Gasteiger partial charge in [0.05, 0.1) is 36.3 Å². The summed E-state index contributed by atoms with van der Waals surface area (Å²) in [6.07, 6.45) is 7.27. The van der Waals surface area contributed by atoms with Gasteiger partial charge in [0.25, 0.3) is 0 Å². The minimum Gasteiger partial charge on any atom is -0.486 e. The number of nitrogens with one attached hydrogen (secondary N) is 1. The van der Waals surface area contributed by atoms with Crippen molar-refractivity contribution in [1.29, 1.82) is 0 Å². The number of hydrogen-bond donors (Lipinski definition) is 2. The van der Waals surface area contributed by atoms with Crippen molar-refractivity contribution >= 4 is 17.0 Å². The highest BCUT2D eigenvalue weighted by molar-refractivity contribution is 5.75. The Morgan fingerprint density at radius 3 is 2.79 bits per heavy atom. The van der Waals surface area contributed by atoms with E-state index in [1.165, 1.54) is 5.56 Å². The first-order valence-corrected chi connectivity index (χ1v) is 12.3. The SMILES string of the molecule is CCN1CCC2(CC1)Cc1cc(NC(O)c3cnn4cccnc34)c(N3CCOCC3)cc1O2. The quantitative estimate of drug-likeness (QED) is 0.557. The number of aromatic nitrogens is 3. The Kier molecular flexibility index (Phi) is 5.55. The zero-order valence-corrected chi connectivity index (χ0v) is 19.6. The number of likely N-dealkylation sites (tertiary alicyclic amines) is 1. The maximum absolute atomic E-state index is 11.1. The number of morpholine rings is 1. The molecule has 2 aromatic heterocycles. The van der Waals surface area contributed by atoms with Gasteiger partial charge in [0.2, 0.25) is 0 Å². The fourth-order valence-electron chi connectivity index (χ4n) is 5.46. The molecule has 34 heavy (non-hydrogen) atoms. The fourth-order valence-corrected chi connectivity index (χ4v) is 5.46. The third-order valence-corrected chi connectivity index (χ3v) is 7.48. The van der Waals surface area contributed by atoms with Gasteiger partial charge in [-0.15, -0.1) is 0 Å². The monoisotopic (exact) mass is 464 g/mol. The van der Waals surface area contributed by atoms with E-state index in [0.29, 0.717) is 24.4 Å². The molecule has 5 heterocycles. The van der Waals surface area contributed by atoms with Gasteiger partial charge in [0.15, 0.2) is 11.9 Å². The summed E-state index contributed by atoms with van der Waals surface area (Å²) in [6.45, 7) is 8.45. The minimum atomic E-state index is -0.936. The predicted molar refractivity (Wildman–Crippen MR) is 129 cm³/mol. The number of anilines is 2. The van der Waals surface area contributed by atoms with Gasteiger partial charge in [-0.3, -0.25) is 0 Å². The Labute approximate surface area is 199 Å². The van der Waals surface area contributed by atoms with Crippen LogP contribution in [0.1, 0.15) is 37.1 Å². The summed E-state index contributed by atoms with van der Waals surface area (Å²) < 4.78 is 13.9. The van der Waals surface area contributed by atoms with Crippen LogP contribution in [0.2, 0.25) is 0 Å². The normalized spacial score (nSPS) is 20.9. The summed E-state index contributed by atoms with van der Waals surface area (Å²) in [5.41, 5.74) is 4.31. The maximum Gasteiger partial charge on any atom is 0.162 e. The average Bonchev–Trinajstić information content (AvgIpc) is 3.45. The second-order valence-corrected chi connectivity index (χ2v) is 9.51. The first-order valence-electron chi connectivity index (χ1n) is 12.3. The summed E-state index contributed by atoms with van der Waals surface area (Å²) >= 11 is 0. The highest BCUT2D eigenvalue weighted by Crippen LogP contribution is 2.46. The van der Waals surface area contributed by atoms with E-state index < -0.39 is 6.23 Å². The van der Waals surface area contributed by atoms with E-state index >= 15 is 0 Å². The average molecular weight is 465 g/mol. The van der Waals surface area contributed by atoms with Crippen molar-refractivity contribution in [3.05, 3.63) is 47.9 Å². The molecule has 9 nitrogen and oxygen atoms in total. The standard InChI is InChI=1S/C25H32N6O3/c1-2-29-8-4-25(5-9-29)16-18-14-20(21(15-22(18)34-25)30-10-12-33-13-11-30)28-24(32)19-17-27-31-7-3-6-26-23(19)31/h3,6-7,14-15,17,24,28,32H,2,4-5,8-13,16H2,1H3. The molecule has 9 heteroatoms. The molecule has 1 spiro atoms. The number of nitrogens with zero attached hydrogens (tertiary/aromatic N) is 5. The van der Waals surface area contributed by atoms with Crippen molar-refractivity contribution < 1.29 is 14.6 Å². The number of hydrogen-bond acceptors (Lipinski definition) is 8. The second-order valence-electron chi connectivity index (χ2n) is 9.51. The first-order chi connectivity index (χ1) is 16.6. The van der Waals surface area contributed by atoms with Gasteiger partial charge in [0, 0.05) is 69.5 Å². The number of ether oxygens (including phenoxy) is 2. The van der Waals surface area contributed by atoms with Crippen molar-refractivity contribution in [2.75, 3.05) is 56.2 Å². The predicted octanol–water partition coefficient (Wildman–Crippen LogP) is 2.46. The van der Waals surface area contributed by atoms with Gasteiger partial charge in [-0.25, -0.2) is 9.50 Å². The van der Waals surface area contributed by atoms with Crippen LogP contribution < -0.4 is 15.0 Å². The summed E-state index contributed by atoms with van der Waals surface area (Å²) in [6, 6.07) is 6.15. The van der Waals surface area contributed by atoms with Crippen LogP contribution in [0.3, 0.4) is 0 Å². The summed E-state index contributed by atoms with van der Waals surface area (Å²) in [7, 11) is 0. The molecule has 3 aliphatic heterocycles. The third-order valence-electron chi connectivity index (χ3n) is 7.48. The molecule has 0 radical (unpaired) electrons. The molecular formula is C25H32N6O3. The smallest absolute Gasteiger partial charge is 0.162 e. The molecule has 0 aliphatic carbocycles. The van der Waals surface area contributed by atoms with E-state index in [4.69, 9.17) is 9.47 Å². The molecule has 0 amide bonds. The van der Waals surface area contributed by atoms with Crippen molar-refractivity contribution in [3.8, 4) is 5.75 Å². The highest BCUT2D eigenvalue weighted by Gasteiger charge is 2.42. The van der Waals surface area contributed by atoms with E-state index in [2.05, 4.69) is 44.3 Å². The van der Waals surface area contributed by atoms with Crippen molar-refractivity contribution in [1.82, 2.24) is 19.5 Å². The largest absolute Gasteiger partial charge is 0.486 e. The Bertz CT molecular complexity index is 1170. The molecule has 1 unspecified atom stereocenters. The lowest BCUT2D eigenvalue weighted by atomic mass is 9.87. The van der Waals surface area contributed by atoms with Crippen LogP contribution in [0.4, 0.5) is 11.4 Å². The number of benzene rings is 1. The Hall–Kier alpha value is -2.88. The van der Waals surface area contributed by atoms with Crippen LogP contribution in [0.25, 0.3) is 5.65 Å². The van der Waals surface area contributed by atoms with E-state index in [9.17, 15) is 5.11 Å². The maximum atomic E-state index is 11.1. The Morgan fingerprint density at radius 2 is 2.00 bits per heavy atom. The molecule has 3 aliphatic rings. The third kappa shape index (κ3) is 3.87. The molecule has 2 saturated heterocycles. The molecule has 0 saturated carbocycles. The number of piperidine rings is 1. The Balaban J connectivity index is 1.31. The highest BCUT2D eigenvalue weighted by atomic mass is 16.5.